The molecule has 0 radical (unpaired) electrons. The summed E-state index contributed by atoms with van der Waals surface area (Å²) < 4.78 is 17.6. The summed E-state index contributed by atoms with van der Waals surface area (Å²) in [6, 6.07) is 3.93. The molecular formula is C25H36O5. The van der Waals surface area contributed by atoms with Gasteiger partial charge in [0.1, 0.15) is 11.5 Å². The van der Waals surface area contributed by atoms with Crippen LogP contribution >= 0.6 is 0 Å². The molecule has 0 aromatic heterocycles. The van der Waals surface area contributed by atoms with E-state index in [4.69, 9.17) is 14.2 Å². The molecule has 166 valence electrons. The van der Waals surface area contributed by atoms with Gasteiger partial charge < -0.3 is 14.2 Å². The highest BCUT2D eigenvalue weighted by Crippen LogP contribution is 2.60. The van der Waals surface area contributed by atoms with Crippen molar-refractivity contribution in [2.75, 3.05) is 0 Å². The van der Waals surface area contributed by atoms with Gasteiger partial charge in [-0.05, 0) is 62.1 Å². The molecule has 1 heterocycles. The third kappa shape index (κ3) is 4.88. The van der Waals surface area contributed by atoms with E-state index in [1.54, 1.807) is 0 Å². The Labute approximate surface area is 180 Å². The standard InChI is InChI=1S/C25H36O5/c1-7-8-9-10-18-13-20(28-16(4)26)23(21(14-18)29-17(5)27)22-19(15(2)3)11-12-25(6)24(22)30-25/h13-15,19,22,24H,7-12H2,1-6H3/t19-,22+,24?,25?/m0/s1. The van der Waals surface area contributed by atoms with Gasteiger partial charge in [-0.15, -0.1) is 0 Å². The first kappa shape index (κ1) is 22.8. The van der Waals surface area contributed by atoms with Crippen LogP contribution in [0.5, 0.6) is 11.5 Å². The van der Waals surface area contributed by atoms with Crippen LogP contribution in [0.3, 0.4) is 0 Å². The van der Waals surface area contributed by atoms with Gasteiger partial charge in [-0.3, -0.25) is 9.59 Å². The molecule has 5 heteroatoms. The number of benzene rings is 1. The average Bonchev–Trinajstić information content (AvgIpc) is 3.32. The SMILES string of the molecule is CCCCCc1cc(OC(C)=O)c([C@@H]2C3OC3(C)CC[C@H]2C(C)C)c(OC(C)=O)c1. The van der Waals surface area contributed by atoms with Gasteiger partial charge in [0, 0.05) is 25.3 Å². The van der Waals surface area contributed by atoms with Gasteiger partial charge in [0.2, 0.25) is 0 Å². The number of ether oxygens (including phenoxy) is 3. The van der Waals surface area contributed by atoms with Crippen LogP contribution in [0, 0.1) is 11.8 Å². The maximum absolute atomic E-state index is 12.0. The zero-order chi connectivity index (χ0) is 22.1. The number of aryl methyl sites for hydroxylation is 1. The quantitative estimate of drug-likeness (QED) is 0.240. The fraction of sp³-hybridized carbons (Fsp3) is 0.680. The fourth-order valence-electron chi connectivity index (χ4n) is 5.07. The maximum Gasteiger partial charge on any atom is 0.308 e. The molecule has 1 aliphatic heterocycles. The zero-order valence-electron chi connectivity index (χ0n) is 19.2. The highest BCUT2D eigenvalue weighted by Gasteiger charge is 2.62. The van der Waals surface area contributed by atoms with E-state index >= 15 is 0 Å². The van der Waals surface area contributed by atoms with Crippen LogP contribution in [0.4, 0.5) is 0 Å². The Bertz CT molecular complexity index is 762. The topological polar surface area (TPSA) is 65.1 Å². The first-order valence-electron chi connectivity index (χ1n) is 11.4. The number of carbonyl (C=O) groups excluding carboxylic acids is 2. The summed E-state index contributed by atoms with van der Waals surface area (Å²) in [5.41, 5.74) is 1.69. The molecule has 1 aromatic carbocycles. The first-order valence-corrected chi connectivity index (χ1v) is 11.4. The number of hydrogen-bond donors (Lipinski definition) is 0. The van der Waals surface area contributed by atoms with Gasteiger partial charge >= 0.3 is 11.9 Å². The highest BCUT2D eigenvalue weighted by atomic mass is 16.6. The van der Waals surface area contributed by atoms with Gasteiger partial charge in [-0.25, -0.2) is 0 Å². The summed E-state index contributed by atoms with van der Waals surface area (Å²) in [4.78, 5) is 23.9. The minimum absolute atomic E-state index is 0.0251. The Morgan fingerprint density at radius 1 is 1.13 bits per heavy atom. The Hall–Kier alpha value is -1.88. The molecule has 30 heavy (non-hydrogen) atoms. The average molecular weight is 417 g/mol. The minimum Gasteiger partial charge on any atom is -0.426 e. The van der Waals surface area contributed by atoms with Crippen molar-refractivity contribution >= 4 is 11.9 Å². The maximum atomic E-state index is 12.0. The number of fused-ring (bicyclic) bond motifs is 1. The van der Waals surface area contributed by atoms with Gasteiger partial charge in [0.15, 0.2) is 0 Å². The molecule has 1 saturated heterocycles. The zero-order valence-corrected chi connectivity index (χ0v) is 19.2. The normalized spacial score (nSPS) is 27.5. The lowest BCUT2D eigenvalue weighted by Crippen LogP contribution is -2.33. The molecule has 2 fully saturated rings. The Morgan fingerprint density at radius 3 is 2.23 bits per heavy atom. The van der Waals surface area contributed by atoms with Gasteiger partial charge in [0.25, 0.3) is 0 Å². The number of carbonyl (C=O) groups is 2. The molecule has 1 aliphatic carbocycles. The van der Waals surface area contributed by atoms with E-state index in [9.17, 15) is 9.59 Å². The van der Waals surface area contributed by atoms with Crippen LogP contribution in [0.25, 0.3) is 0 Å². The lowest BCUT2D eigenvalue weighted by molar-refractivity contribution is -0.132. The molecule has 4 atom stereocenters. The molecule has 5 nitrogen and oxygen atoms in total. The van der Waals surface area contributed by atoms with Crippen molar-refractivity contribution in [1.82, 2.24) is 0 Å². The van der Waals surface area contributed by atoms with E-state index in [1.807, 2.05) is 12.1 Å². The van der Waals surface area contributed by atoms with Crippen molar-refractivity contribution in [3.05, 3.63) is 23.3 Å². The molecule has 0 N–H and O–H groups in total. The highest BCUT2D eigenvalue weighted by molar-refractivity contribution is 5.73. The van der Waals surface area contributed by atoms with Crippen LogP contribution in [-0.2, 0) is 20.7 Å². The van der Waals surface area contributed by atoms with Gasteiger partial charge in [-0.1, -0.05) is 33.6 Å². The number of epoxide rings is 1. The third-order valence-electron chi connectivity index (χ3n) is 6.63. The molecule has 1 saturated carbocycles. The smallest absolute Gasteiger partial charge is 0.308 e. The van der Waals surface area contributed by atoms with E-state index in [-0.39, 0.29) is 29.6 Å². The number of unbranched alkanes of at least 4 members (excludes halogenated alkanes) is 2. The van der Waals surface area contributed by atoms with Crippen LogP contribution in [0.2, 0.25) is 0 Å². The molecule has 0 bridgehead atoms. The number of rotatable bonds is 8. The lowest BCUT2D eigenvalue weighted by Gasteiger charge is -2.36. The van der Waals surface area contributed by atoms with Crippen LogP contribution in [0.15, 0.2) is 12.1 Å². The molecule has 3 rings (SSSR count). The van der Waals surface area contributed by atoms with E-state index in [2.05, 4.69) is 27.7 Å². The molecule has 1 aromatic rings. The summed E-state index contributed by atoms with van der Waals surface area (Å²) in [6.45, 7) is 11.6. The Balaban J connectivity index is 2.11. The van der Waals surface area contributed by atoms with Crippen LogP contribution < -0.4 is 9.47 Å². The molecule has 0 spiro atoms. The second-order valence-corrected chi connectivity index (χ2v) is 9.47. The van der Waals surface area contributed by atoms with Crippen LogP contribution in [-0.4, -0.2) is 23.6 Å². The Morgan fingerprint density at radius 2 is 1.73 bits per heavy atom. The largest absolute Gasteiger partial charge is 0.426 e. The summed E-state index contributed by atoms with van der Waals surface area (Å²) in [5.74, 6) is 1.12. The van der Waals surface area contributed by atoms with E-state index in [1.165, 1.54) is 13.8 Å². The monoisotopic (exact) mass is 416 g/mol. The van der Waals surface area contributed by atoms with Gasteiger partial charge in [0.05, 0.1) is 11.7 Å². The van der Waals surface area contributed by atoms with E-state index < -0.39 is 0 Å². The number of esters is 2. The Kier molecular flexibility index (Phi) is 6.91. The molecule has 2 unspecified atom stereocenters. The minimum atomic E-state index is -0.368. The lowest BCUT2D eigenvalue weighted by atomic mass is 9.67. The predicted octanol–water partition coefficient (Wildman–Crippen LogP) is 5.58. The first-order chi connectivity index (χ1) is 14.2. The summed E-state index contributed by atoms with van der Waals surface area (Å²) >= 11 is 0. The third-order valence-corrected chi connectivity index (χ3v) is 6.63. The molecule has 0 amide bonds. The van der Waals surface area contributed by atoms with E-state index in [0.29, 0.717) is 23.3 Å². The second-order valence-electron chi connectivity index (χ2n) is 9.47. The fourth-order valence-corrected chi connectivity index (χ4v) is 5.07. The van der Waals surface area contributed by atoms with Crippen molar-refractivity contribution in [2.24, 2.45) is 11.8 Å². The van der Waals surface area contributed by atoms with E-state index in [0.717, 1.165) is 49.7 Å². The molecule has 2 aliphatic rings. The predicted molar refractivity (Wildman–Crippen MR) is 116 cm³/mol. The van der Waals surface area contributed by atoms with Crippen molar-refractivity contribution < 1.29 is 23.8 Å². The van der Waals surface area contributed by atoms with Crippen molar-refractivity contribution in [3.63, 3.8) is 0 Å². The van der Waals surface area contributed by atoms with Gasteiger partial charge in [-0.2, -0.15) is 0 Å². The summed E-state index contributed by atoms with van der Waals surface area (Å²) in [5, 5.41) is 0. The van der Waals surface area contributed by atoms with Crippen molar-refractivity contribution in [3.8, 4) is 11.5 Å². The summed E-state index contributed by atoms with van der Waals surface area (Å²) in [6.07, 6.45) is 6.25. The van der Waals surface area contributed by atoms with Crippen LogP contribution in [0.1, 0.15) is 90.7 Å². The van der Waals surface area contributed by atoms with Crippen molar-refractivity contribution in [1.29, 1.82) is 0 Å². The molecular weight excluding hydrogens is 380 g/mol. The number of hydrogen-bond acceptors (Lipinski definition) is 5. The second kappa shape index (κ2) is 9.09. The van der Waals surface area contributed by atoms with Crippen molar-refractivity contribution in [2.45, 2.75) is 97.7 Å². The summed E-state index contributed by atoms with van der Waals surface area (Å²) in [7, 11) is 0.